The quantitative estimate of drug-likeness (QED) is 0.140. The molecule has 0 radical (unpaired) electrons. The average molecular weight is 646 g/mol. The molecule has 1 aromatic heterocycles. The zero-order valence-corrected chi connectivity index (χ0v) is 28.3. The van der Waals surface area contributed by atoms with Gasteiger partial charge in [-0.2, -0.15) is 0 Å². The molecule has 0 spiro atoms. The summed E-state index contributed by atoms with van der Waals surface area (Å²) in [6.07, 6.45) is 3.07. The largest absolute Gasteiger partial charge is 0.481 e. The van der Waals surface area contributed by atoms with Crippen molar-refractivity contribution in [3.8, 4) is 11.5 Å². The summed E-state index contributed by atoms with van der Waals surface area (Å²) in [6.45, 7) is 15.0. The number of halogens is 1. The fourth-order valence-electron chi connectivity index (χ4n) is 6.33. The van der Waals surface area contributed by atoms with E-state index >= 15 is 4.39 Å². The van der Waals surface area contributed by atoms with Crippen molar-refractivity contribution in [2.45, 2.75) is 78.3 Å². The first kappa shape index (κ1) is 35.6. The fraction of sp³-hybridized carbons (Fsp3) is 0.474. The van der Waals surface area contributed by atoms with Crippen LogP contribution in [0.3, 0.4) is 0 Å². The first-order chi connectivity index (χ1) is 22.4. The van der Waals surface area contributed by atoms with Crippen molar-refractivity contribution in [3.63, 3.8) is 0 Å². The van der Waals surface area contributed by atoms with Crippen molar-refractivity contribution in [1.29, 1.82) is 0 Å². The number of allylic oxidation sites excluding steroid dienone is 1. The van der Waals surface area contributed by atoms with Crippen molar-refractivity contribution in [3.05, 3.63) is 84.3 Å². The molecule has 1 amide bonds. The fourth-order valence-corrected chi connectivity index (χ4v) is 6.33. The second-order valence-electron chi connectivity index (χ2n) is 13.0. The van der Waals surface area contributed by atoms with E-state index in [4.69, 9.17) is 4.42 Å². The molecule has 1 N–H and O–H groups in total. The lowest BCUT2D eigenvalue weighted by atomic mass is 9.79. The monoisotopic (exact) mass is 645 g/mol. The molecule has 3 unspecified atom stereocenters. The smallest absolute Gasteiger partial charge is 0.310 e. The molecule has 47 heavy (non-hydrogen) atoms. The number of aromatic nitrogens is 1. The van der Waals surface area contributed by atoms with E-state index in [9.17, 15) is 19.5 Å². The summed E-state index contributed by atoms with van der Waals surface area (Å²) in [5.74, 6) is -1.87. The number of ketones is 1. The zero-order chi connectivity index (χ0) is 34.4. The minimum atomic E-state index is -1.95. The molecule has 3 aromatic rings. The Balaban J connectivity index is 1.46. The molecule has 0 saturated carbocycles. The highest BCUT2D eigenvalue weighted by Crippen LogP contribution is 2.38. The number of oxazole rings is 1. The highest BCUT2D eigenvalue weighted by Gasteiger charge is 2.40. The molecule has 252 valence electrons. The second-order valence-corrected chi connectivity index (χ2v) is 13.0. The molecule has 1 aliphatic rings. The maximum atomic E-state index is 15.8. The second kappa shape index (κ2) is 15.1. The molecule has 3 atom stereocenters. The van der Waals surface area contributed by atoms with Crippen LogP contribution in [0.1, 0.15) is 94.5 Å². The van der Waals surface area contributed by atoms with Gasteiger partial charge in [-0.3, -0.25) is 14.4 Å². The number of carboxylic acids is 1. The number of carbonyl (C=O) groups is 3. The van der Waals surface area contributed by atoms with E-state index in [1.807, 2.05) is 82.3 Å². The summed E-state index contributed by atoms with van der Waals surface area (Å²) < 4.78 is 21.7. The highest BCUT2D eigenvalue weighted by molar-refractivity contribution is 5.98. The van der Waals surface area contributed by atoms with Gasteiger partial charge in [-0.25, -0.2) is 9.37 Å². The lowest BCUT2D eigenvalue weighted by molar-refractivity contribution is -0.154. The van der Waals surface area contributed by atoms with Crippen LogP contribution in [0, 0.1) is 11.3 Å². The molecule has 1 fully saturated rings. The molecule has 0 bridgehead atoms. The lowest BCUT2D eigenvalue weighted by Crippen LogP contribution is -2.41. The maximum Gasteiger partial charge on any atom is 0.310 e. The standard InChI is InChI=1S/C38H48FN3O5/c1-7-20-37(6,39)34-32(40-35(47-34)29-14-11-10-12-15-29)33(44)27(5)26(4)28-16-18-30(19-17-28)41-21-13-22-42(24-23-41)31(43)25-38(8-2,9-3)36(45)46/h7,10-12,14-19,26-27H,1,8-9,13,20-25H2,2-6H3,(H,45,46). The molecule has 1 saturated heterocycles. The normalized spacial score (nSPS) is 16.6. The third-order valence-electron chi connectivity index (χ3n) is 9.98. The van der Waals surface area contributed by atoms with E-state index in [0.29, 0.717) is 38.0 Å². The Kier molecular flexibility index (Phi) is 11.4. The molecule has 2 heterocycles. The number of Topliss-reactive ketones (excluding diaryl/α,β-unsaturated/α-hetero) is 1. The summed E-state index contributed by atoms with van der Waals surface area (Å²) in [4.78, 5) is 47.5. The van der Waals surface area contributed by atoms with E-state index in [-0.39, 0.29) is 47.8 Å². The number of hydrogen-bond acceptors (Lipinski definition) is 6. The van der Waals surface area contributed by atoms with E-state index < -0.39 is 23.0 Å². The van der Waals surface area contributed by atoms with Crippen LogP contribution in [0.4, 0.5) is 10.1 Å². The minimum Gasteiger partial charge on any atom is -0.481 e. The van der Waals surface area contributed by atoms with Gasteiger partial charge < -0.3 is 19.3 Å². The Morgan fingerprint density at radius 2 is 1.68 bits per heavy atom. The van der Waals surface area contributed by atoms with Gasteiger partial charge >= 0.3 is 5.97 Å². The van der Waals surface area contributed by atoms with Crippen LogP contribution in [0.2, 0.25) is 0 Å². The first-order valence-electron chi connectivity index (χ1n) is 16.6. The van der Waals surface area contributed by atoms with Gasteiger partial charge in [-0.15, -0.1) is 6.58 Å². The Labute approximate surface area is 277 Å². The third kappa shape index (κ3) is 7.83. The molecule has 4 rings (SSSR count). The van der Waals surface area contributed by atoms with Crippen LogP contribution in [0.15, 0.2) is 71.7 Å². The Bertz CT molecular complexity index is 1540. The molecule has 1 aliphatic heterocycles. The molecule has 0 aliphatic carbocycles. The average Bonchev–Trinajstić information content (AvgIpc) is 3.39. The van der Waals surface area contributed by atoms with Crippen LogP contribution in [-0.2, 0) is 15.3 Å². The maximum absolute atomic E-state index is 15.8. The van der Waals surface area contributed by atoms with Crippen LogP contribution in [0.25, 0.3) is 11.5 Å². The van der Waals surface area contributed by atoms with Gasteiger partial charge in [0.2, 0.25) is 11.8 Å². The number of amides is 1. The zero-order valence-electron chi connectivity index (χ0n) is 28.3. The summed E-state index contributed by atoms with van der Waals surface area (Å²) >= 11 is 0. The third-order valence-corrected chi connectivity index (χ3v) is 9.98. The summed E-state index contributed by atoms with van der Waals surface area (Å²) in [5.41, 5.74) is -0.322. The Morgan fingerprint density at radius 3 is 2.28 bits per heavy atom. The van der Waals surface area contributed by atoms with Gasteiger partial charge in [0.25, 0.3) is 0 Å². The highest BCUT2D eigenvalue weighted by atomic mass is 19.1. The van der Waals surface area contributed by atoms with Gasteiger partial charge in [-0.1, -0.05) is 64.1 Å². The topological polar surface area (TPSA) is 104 Å². The number of carboxylic acid groups (broad SMARTS) is 1. The molecule has 8 nitrogen and oxygen atoms in total. The van der Waals surface area contributed by atoms with E-state index in [0.717, 1.165) is 24.2 Å². The number of rotatable bonds is 14. The lowest BCUT2D eigenvalue weighted by Gasteiger charge is -2.30. The molecular formula is C38H48FN3O5. The summed E-state index contributed by atoms with van der Waals surface area (Å²) in [5, 5.41) is 9.79. The van der Waals surface area contributed by atoms with Gasteiger partial charge in [-0.05, 0) is 61.9 Å². The summed E-state index contributed by atoms with van der Waals surface area (Å²) in [6, 6.07) is 17.2. The van der Waals surface area contributed by atoms with Crippen molar-refractivity contribution in [2.24, 2.45) is 11.3 Å². The van der Waals surface area contributed by atoms with Crippen molar-refractivity contribution in [2.75, 3.05) is 31.1 Å². The number of anilines is 1. The predicted octanol–water partition coefficient (Wildman–Crippen LogP) is 8.04. The van der Waals surface area contributed by atoms with E-state index in [2.05, 4.69) is 16.5 Å². The van der Waals surface area contributed by atoms with Crippen LogP contribution >= 0.6 is 0 Å². The molecular weight excluding hydrogens is 597 g/mol. The van der Waals surface area contributed by atoms with Gasteiger partial charge in [0.15, 0.2) is 22.9 Å². The van der Waals surface area contributed by atoms with Crippen LogP contribution in [0.5, 0.6) is 0 Å². The van der Waals surface area contributed by atoms with Gasteiger partial charge in [0.1, 0.15) is 0 Å². The van der Waals surface area contributed by atoms with Crippen LogP contribution in [-0.4, -0.2) is 58.8 Å². The van der Waals surface area contributed by atoms with Crippen molar-refractivity contribution >= 4 is 23.3 Å². The SMILES string of the molecule is C=CCC(C)(F)c1oc(-c2ccccc2)nc1C(=O)C(C)C(C)c1ccc(N2CCCN(C(=O)CC(CC)(CC)C(=O)O)CC2)cc1. The van der Waals surface area contributed by atoms with Gasteiger partial charge in [0, 0.05) is 56.2 Å². The Morgan fingerprint density at radius 1 is 1.02 bits per heavy atom. The summed E-state index contributed by atoms with van der Waals surface area (Å²) in [7, 11) is 0. The molecule has 9 heteroatoms. The van der Waals surface area contributed by atoms with Crippen molar-refractivity contribution < 1.29 is 28.3 Å². The number of hydrogen-bond donors (Lipinski definition) is 1. The number of benzene rings is 2. The number of carbonyl (C=O) groups excluding carboxylic acids is 2. The van der Waals surface area contributed by atoms with E-state index in [1.165, 1.54) is 13.0 Å². The first-order valence-corrected chi connectivity index (χ1v) is 16.6. The number of aliphatic carboxylic acids is 1. The number of alkyl halides is 1. The van der Waals surface area contributed by atoms with E-state index in [1.54, 1.807) is 4.90 Å². The predicted molar refractivity (Wildman–Crippen MR) is 182 cm³/mol. The minimum absolute atomic E-state index is 0.00816. The Hall–Kier alpha value is -4.27. The van der Waals surface area contributed by atoms with Gasteiger partial charge in [0.05, 0.1) is 5.41 Å². The van der Waals surface area contributed by atoms with Crippen LogP contribution < -0.4 is 4.90 Å². The molecule has 2 aromatic carbocycles. The number of nitrogens with zero attached hydrogens (tertiary/aromatic N) is 3. The van der Waals surface area contributed by atoms with Crippen molar-refractivity contribution in [1.82, 2.24) is 9.88 Å².